The topological polar surface area (TPSA) is 34.1 Å². The van der Waals surface area contributed by atoms with E-state index in [1.165, 1.54) is 6.26 Å². The molecule has 0 aromatic heterocycles. The van der Waals surface area contributed by atoms with Crippen molar-refractivity contribution in [1.29, 1.82) is 0 Å². The molecule has 0 fully saturated rings. The Labute approximate surface area is 83.5 Å². The molecule has 0 saturated heterocycles. The van der Waals surface area contributed by atoms with Crippen molar-refractivity contribution >= 4 is 21.4 Å². The number of sulfone groups is 1. The van der Waals surface area contributed by atoms with Gasteiger partial charge in [-0.05, 0) is 24.1 Å². The minimum atomic E-state index is -2.88. The zero-order valence-corrected chi connectivity index (χ0v) is 8.90. The Kier molecular flexibility index (Phi) is 3.33. The lowest BCUT2D eigenvalue weighted by molar-refractivity contribution is 0.601. The normalized spacial score (nSPS) is 11.5. The predicted molar refractivity (Wildman–Crippen MR) is 54.9 cm³/mol. The van der Waals surface area contributed by atoms with Crippen molar-refractivity contribution in [2.24, 2.45) is 0 Å². The number of aryl methyl sites for hydroxylation is 1. The third-order valence-corrected chi connectivity index (χ3v) is 2.83. The molecule has 0 N–H and O–H groups in total. The molecule has 0 amide bonds. The Morgan fingerprint density at radius 3 is 2.62 bits per heavy atom. The molecule has 0 saturated carbocycles. The molecule has 4 heteroatoms. The first-order valence-electron chi connectivity index (χ1n) is 3.89. The number of halogens is 1. The van der Waals surface area contributed by atoms with Gasteiger partial charge in [0, 0.05) is 11.3 Å². The van der Waals surface area contributed by atoms with E-state index in [1.54, 1.807) is 12.1 Å². The average Bonchev–Trinajstić information content (AvgIpc) is 2.00. The van der Waals surface area contributed by atoms with Gasteiger partial charge in [0.05, 0.1) is 5.75 Å². The van der Waals surface area contributed by atoms with E-state index in [4.69, 9.17) is 11.6 Å². The van der Waals surface area contributed by atoms with Crippen LogP contribution >= 0.6 is 11.6 Å². The van der Waals surface area contributed by atoms with Crippen molar-refractivity contribution in [3.63, 3.8) is 0 Å². The fourth-order valence-corrected chi connectivity index (χ4v) is 1.82. The largest absolute Gasteiger partial charge is 0.229 e. The molecule has 1 aromatic carbocycles. The summed E-state index contributed by atoms with van der Waals surface area (Å²) in [6.07, 6.45) is 1.76. The van der Waals surface area contributed by atoms with Gasteiger partial charge in [-0.2, -0.15) is 0 Å². The van der Waals surface area contributed by atoms with Gasteiger partial charge in [-0.15, -0.1) is 0 Å². The van der Waals surface area contributed by atoms with E-state index in [0.29, 0.717) is 11.4 Å². The molecule has 0 aliphatic heterocycles. The lowest BCUT2D eigenvalue weighted by atomic mass is 10.2. The van der Waals surface area contributed by atoms with E-state index in [-0.39, 0.29) is 5.75 Å². The molecule has 0 spiro atoms. The number of benzene rings is 1. The third kappa shape index (κ3) is 4.29. The fraction of sp³-hybridized carbons (Fsp3) is 0.333. The summed E-state index contributed by atoms with van der Waals surface area (Å²) in [5, 5.41) is 0.644. The highest BCUT2D eigenvalue weighted by molar-refractivity contribution is 7.90. The highest BCUT2D eigenvalue weighted by Gasteiger charge is 2.02. The Hall–Kier alpha value is -0.540. The molecule has 13 heavy (non-hydrogen) atoms. The average molecular weight is 219 g/mol. The molecule has 0 unspecified atom stereocenters. The molecule has 0 aliphatic rings. The molecule has 72 valence electrons. The van der Waals surface area contributed by atoms with Gasteiger partial charge in [-0.1, -0.05) is 23.7 Å². The van der Waals surface area contributed by atoms with Crippen molar-refractivity contribution in [3.8, 4) is 0 Å². The first kappa shape index (κ1) is 10.5. The SMILES string of the molecule is CS(=O)(=O)CCc1cccc(Cl)c1. The summed E-state index contributed by atoms with van der Waals surface area (Å²) in [4.78, 5) is 0. The van der Waals surface area contributed by atoms with Crippen molar-refractivity contribution in [2.45, 2.75) is 6.42 Å². The summed E-state index contributed by atoms with van der Waals surface area (Å²) in [5.41, 5.74) is 0.956. The summed E-state index contributed by atoms with van der Waals surface area (Å²) < 4.78 is 21.7. The second-order valence-corrected chi connectivity index (χ2v) is 5.71. The van der Waals surface area contributed by atoms with Crippen LogP contribution in [0.5, 0.6) is 0 Å². The van der Waals surface area contributed by atoms with Gasteiger partial charge >= 0.3 is 0 Å². The van der Waals surface area contributed by atoms with E-state index in [0.717, 1.165) is 5.56 Å². The molecule has 0 heterocycles. The van der Waals surface area contributed by atoms with E-state index in [9.17, 15) is 8.42 Å². The first-order chi connectivity index (χ1) is 5.97. The van der Waals surface area contributed by atoms with Crippen LogP contribution in [0.2, 0.25) is 5.02 Å². The van der Waals surface area contributed by atoms with E-state index < -0.39 is 9.84 Å². The van der Waals surface area contributed by atoms with Gasteiger partial charge in [-0.3, -0.25) is 0 Å². The van der Waals surface area contributed by atoms with Crippen LogP contribution in [0, 0.1) is 0 Å². The fourth-order valence-electron chi connectivity index (χ4n) is 0.996. The zero-order valence-electron chi connectivity index (χ0n) is 7.33. The number of hydrogen-bond acceptors (Lipinski definition) is 2. The van der Waals surface area contributed by atoms with Crippen LogP contribution in [-0.2, 0) is 16.3 Å². The quantitative estimate of drug-likeness (QED) is 0.777. The predicted octanol–water partition coefficient (Wildman–Crippen LogP) is 1.93. The van der Waals surface area contributed by atoms with Gasteiger partial charge in [0.2, 0.25) is 0 Å². The summed E-state index contributed by atoms with van der Waals surface area (Å²) in [7, 11) is -2.88. The van der Waals surface area contributed by atoms with E-state index in [2.05, 4.69) is 0 Å². The molecule has 1 rings (SSSR count). The summed E-state index contributed by atoms with van der Waals surface area (Å²) in [6, 6.07) is 7.25. The lowest BCUT2D eigenvalue weighted by Gasteiger charge is -1.99. The van der Waals surface area contributed by atoms with Gasteiger partial charge in [0.15, 0.2) is 0 Å². The molecule has 0 radical (unpaired) electrons. The molecule has 0 bridgehead atoms. The number of hydrogen-bond donors (Lipinski definition) is 0. The smallest absolute Gasteiger partial charge is 0.147 e. The highest BCUT2D eigenvalue weighted by atomic mass is 35.5. The van der Waals surface area contributed by atoms with Crippen LogP contribution in [0.3, 0.4) is 0 Å². The van der Waals surface area contributed by atoms with Crippen molar-refractivity contribution in [1.82, 2.24) is 0 Å². The second kappa shape index (κ2) is 4.11. The zero-order chi connectivity index (χ0) is 9.90. The lowest BCUT2D eigenvalue weighted by Crippen LogP contribution is -2.05. The maximum atomic E-state index is 10.9. The van der Waals surface area contributed by atoms with Crippen LogP contribution < -0.4 is 0 Å². The molecule has 2 nitrogen and oxygen atoms in total. The van der Waals surface area contributed by atoms with E-state index >= 15 is 0 Å². The molecular formula is C9H11ClO2S. The molecule has 1 aromatic rings. The van der Waals surface area contributed by atoms with Gasteiger partial charge in [0.1, 0.15) is 9.84 Å². The Morgan fingerprint density at radius 2 is 2.08 bits per heavy atom. The van der Waals surface area contributed by atoms with Gasteiger partial charge in [-0.25, -0.2) is 8.42 Å². The minimum absolute atomic E-state index is 0.174. The van der Waals surface area contributed by atoms with Gasteiger partial charge in [0.25, 0.3) is 0 Å². The van der Waals surface area contributed by atoms with Crippen molar-refractivity contribution in [3.05, 3.63) is 34.9 Å². The van der Waals surface area contributed by atoms with Crippen LogP contribution in [-0.4, -0.2) is 20.4 Å². The highest BCUT2D eigenvalue weighted by Crippen LogP contribution is 2.11. The standard InChI is InChI=1S/C9H11ClO2S/c1-13(11,12)6-5-8-3-2-4-9(10)7-8/h2-4,7H,5-6H2,1H3. The van der Waals surface area contributed by atoms with Crippen LogP contribution in [0.25, 0.3) is 0 Å². The molecule has 0 aliphatic carbocycles. The van der Waals surface area contributed by atoms with Crippen LogP contribution in [0.1, 0.15) is 5.56 Å². The maximum Gasteiger partial charge on any atom is 0.147 e. The Bertz CT molecular complexity index is 384. The third-order valence-electron chi connectivity index (χ3n) is 1.65. The molecule has 0 atom stereocenters. The summed E-state index contributed by atoms with van der Waals surface area (Å²) in [5.74, 6) is 0.174. The second-order valence-electron chi connectivity index (χ2n) is 3.01. The monoisotopic (exact) mass is 218 g/mol. The summed E-state index contributed by atoms with van der Waals surface area (Å²) >= 11 is 5.75. The Morgan fingerprint density at radius 1 is 1.38 bits per heavy atom. The molecular weight excluding hydrogens is 208 g/mol. The van der Waals surface area contributed by atoms with Crippen molar-refractivity contribution < 1.29 is 8.42 Å². The first-order valence-corrected chi connectivity index (χ1v) is 6.33. The van der Waals surface area contributed by atoms with Gasteiger partial charge < -0.3 is 0 Å². The minimum Gasteiger partial charge on any atom is -0.229 e. The maximum absolute atomic E-state index is 10.9. The Balaban J connectivity index is 2.65. The van der Waals surface area contributed by atoms with Crippen LogP contribution in [0.15, 0.2) is 24.3 Å². The summed E-state index contributed by atoms with van der Waals surface area (Å²) in [6.45, 7) is 0. The van der Waals surface area contributed by atoms with Crippen molar-refractivity contribution in [2.75, 3.05) is 12.0 Å². The van der Waals surface area contributed by atoms with E-state index in [1.807, 2.05) is 12.1 Å². The number of rotatable bonds is 3. The van der Waals surface area contributed by atoms with Crippen LogP contribution in [0.4, 0.5) is 0 Å².